The minimum absolute atomic E-state index is 0.296. The molecule has 0 aromatic rings. The number of ether oxygens (including phenoxy) is 1. The number of carbonyl (C=O) groups excluding carboxylic acids is 1. The van der Waals surface area contributed by atoms with Gasteiger partial charge in [-0.2, -0.15) is 15.8 Å². The summed E-state index contributed by atoms with van der Waals surface area (Å²) >= 11 is 0. The van der Waals surface area contributed by atoms with Gasteiger partial charge in [-0.15, -0.1) is 0 Å². The first kappa shape index (κ1) is 12.9. The molecule has 1 unspecified atom stereocenters. The van der Waals surface area contributed by atoms with Gasteiger partial charge in [0, 0.05) is 6.42 Å². The largest absolute Gasteiger partial charge is 0.495 e. The lowest BCUT2D eigenvalue weighted by atomic mass is 9.58. The highest BCUT2D eigenvalue weighted by atomic mass is 16.5. The Kier molecular flexibility index (Phi) is 2.92. The molecule has 0 aromatic carbocycles. The lowest BCUT2D eigenvalue weighted by Gasteiger charge is -2.42. The zero-order chi connectivity index (χ0) is 14.1. The highest BCUT2D eigenvalue weighted by Gasteiger charge is 2.64. The number of nitrogens with zero attached hydrogens (tertiary/aromatic N) is 3. The Labute approximate surface area is 110 Å². The Morgan fingerprint density at radius 3 is 2.32 bits per heavy atom. The number of amides is 1. The molecule has 1 atom stereocenters. The van der Waals surface area contributed by atoms with E-state index in [-0.39, 0.29) is 6.61 Å². The zero-order valence-electron chi connectivity index (χ0n) is 10.3. The van der Waals surface area contributed by atoms with Gasteiger partial charge in [0.25, 0.3) is 0 Å². The number of hydrogen-bond donors (Lipinski definition) is 1. The fraction of sp³-hybridized carbons (Fsp3) is 0.538. The van der Waals surface area contributed by atoms with E-state index in [0.29, 0.717) is 24.2 Å². The van der Waals surface area contributed by atoms with E-state index < -0.39 is 16.7 Å². The molecule has 2 rings (SSSR count). The smallest absolute Gasteiger partial charge is 0.245 e. The molecule has 1 heterocycles. The monoisotopic (exact) mass is 256 g/mol. The van der Waals surface area contributed by atoms with Crippen LogP contribution in [0.15, 0.2) is 11.3 Å². The van der Waals surface area contributed by atoms with E-state index in [0.717, 1.165) is 12.8 Å². The van der Waals surface area contributed by atoms with E-state index in [1.54, 1.807) is 12.1 Å². The third-order valence-corrected chi connectivity index (χ3v) is 3.89. The molecule has 96 valence electrons. The van der Waals surface area contributed by atoms with Gasteiger partial charge < -0.3 is 10.5 Å². The first-order chi connectivity index (χ1) is 9.08. The van der Waals surface area contributed by atoms with Crippen LogP contribution in [-0.4, -0.2) is 12.5 Å². The van der Waals surface area contributed by atoms with E-state index in [4.69, 9.17) is 10.5 Å². The van der Waals surface area contributed by atoms with Gasteiger partial charge in [0.05, 0.1) is 24.0 Å². The molecule has 0 saturated carbocycles. The summed E-state index contributed by atoms with van der Waals surface area (Å²) in [5.74, 6) is -0.400. The molecule has 6 nitrogen and oxygen atoms in total. The summed E-state index contributed by atoms with van der Waals surface area (Å²) in [6, 6.07) is 5.41. The lowest BCUT2D eigenvalue weighted by molar-refractivity contribution is -0.128. The van der Waals surface area contributed by atoms with Crippen molar-refractivity contribution in [1.82, 2.24) is 0 Å². The van der Waals surface area contributed by atoms with Gasteiger partial charge >= 0.3 is 0 Å². The number of hydrogen-bond acceptors (Lipinski definition) is 5. The average Bonchev–Trinajstić information content (AvgIpc) is 2.45. The first-order valence-electron chi connectivity index (χ1n) is 5.97. The van der Waals surface area contributed by atoms with Crippen molar-refractivity contribution in [1.29, 1.82) is 15.8 Å². The summed E-state index contributed by atoms with van der Waals surface area (Å²) < 4.78 is 5.46. The van der Waals surface area contributed by atoms with Crippen molar-refractivity contribution >= 4 is 5.91 Å². The topological polar surface area (TPSA) is 124 Å². The van der Waals surface area contributed by atoms with Crippen LogP contribution in [0.4, 0.5) is 0 Å². The van der Waals surface area contributed by atoms with Crippen LogP contribution in [0.2, 0.25) is 0 Å². The molecule has 0 radical (unpaired) electrons. The summed E-state index contributed by atoms with van der Waals surface area (Å²) in [6.45, 7) is -0.296. The third kappa shape index (κ3) is 1.42. The van der Waals surface area contributed by atoms with E-state index >= 15 is 0 Å². The molecule has 6 heteroatoms. The molecule has 0 aromatic heterocycles. The fourth-order valence-electron chi connectivity index (χ4n) is 2.83. The Morgan fingerprint density at radius 1 is 1.16 bits per heavy atom. The number of primary amides is 1. The van der Waals surface area contributed by atoms with E-state index in [2.05, 4.69) is 0 Å². The minimum Gasteiger partial charge on any atom is -0.495 e. The molecule has 2 N–H and O–H groups in total. The van der Waals surface area contributed by atoms with Crippen LogP contribution in [0.3, 0.4) is 0 Å². The zero-order valence-corrected chi connectivity index (χ0v) is 10.3. The summed E-state index contributed by atoms with van der Waals surface area (Å²) in [5, 5.41) is 28.1. The summed E-state index contributed by atoms with van der Waals surface area (Å²) in [6.07, 6.45) is 2.74. The van der Waals surface area contributed by atoms with Gasteiger partial charge in [0.2, 0.25) is 11.3 Å². The van der Waals surface area contributed by atoms with Crippen molar-refractivity contribution in [2.45, 2.75) is 25.7 Å². The normalized spacial score (nSPS) is 28.1. The fourth-order valence-corrected chi connectivity index (χ4v) is 2.83. The molecule has 19 heavy (non-hydrogen) atoms. The van der Waals surface area contributed by atoms with Crippen molar-refractivity contribution in [2.75, 3.05) is 6.61 Å². The van der Waals surface area contributed by atoms with Gasteiger partial charge in [0.1, 0.15) is 6.61 Å². The van der Waals surface area contributed by atoms with Crippen LogP contribution in [0.1, 0.15) is 25.7 Å². The van der Waals surface area contributed by atoms with Gasteiger partial charge in [-0.1, -0.05) is 0 Å². The van der Waals surface area contributed by atoms with Gasteiger partial charge in [0.15, 0.2) is 5.41 Å². The molecule has 2 aliphatic rings. The Bertz CT molecular complexity index is 573. The van der Waals surface area contributed by atoms with Crippen LogP contribution in [0.25, 0.3) is 0 Å². The number of allylic oxidation sites excluding steroid dienone is 1. The molecule has 1 aliphatic heterocycles. The summed E-state index contributed by atoms with van der Waals surface area (Å²) in [7, 11) is 0. The molecular weight excluding hydrogens is 244 g/mol. The van der Waals surface area contributed by atoms with Crippen LogP contribution in [0.5, 0.6) is 0 Å². The number of nitriles is 3. The maximum atomic E-state index is 11.9. The Hall–Kier alpha value is -2.52. The molecule has 0 saturated heterocycles. The quantitative estimate of drug-likeness (QED) is 0.745. The molecule has 1 amide bonds. The van der Waals surface area contributed by atoms with Gasteiger partial charge in [-0.3, -0.25) is 4.79 Å². The third-order valence-electron chi connectivity index (χ3n) is 3.89. The maximum Gasteiger partial charge on any atom is 0.245 e. The summed E-state index contributed by atoms with van der Waals surface area (Å²) in [4.78, 5) is 11.9. The van der Waals surface area contributed by atoms with E-state index in [9.17, 15) is 20.6 Å². The highest BCUT2D eigenvalue weighted by molar-refractivity contribution is 5.90. The van der Waals surface area contributed by atoms with Gasteiger partial charge in [-0.25, -0.2) is 0 Å². The minimum atomic E-state index is -1.90. The summed E-state index contributed by atoms with van der Waals surface area (Å²) in [5.41, 5.74) is 2.04. The second-order valence-corrected chi connectivity index (χ2v) is 4.75. The molecule has 0 spiro atoms. The number of rotatable bonds is 1. The van der Waals surface area contributed by atoms with Crippen LogP contribution in [0, 0.1) is 44.8 Å². The standard InChI is InChI=1S/C13H12N4O2/c14-5-12(6-15)8-19-10-4-2-1-3-9(10)13(12,7-16)11(17)18/h1-4,8H2,(H2,17,18). The van der Waals surface area contributed by atoms with Crippen molar-refractivity contribution in [3.05, 3.63) is 11.3 Å². The van der Waals surface area contributed by atoms with E-state index in [1.807, 2.05) is 6.07 Å². The average molecular weight is 256 g/mol. The first-order valence-corrected chi connectivity index (χ1v) is 5.97. The molecule has 0 bridgehead atoms. The van der Waals surface area contributed by atoms with Crippen molar-refractivity contribution in [2.24, 2.45) is 16.6 Å². The molecular formula is C13H12N4O2. The molecule has 0 fully saturated rings. The van der Waals surface area contributed by atoms with E-state index in [1.165, 1.54) is 0 Å². The highest BCUT2D eigenvalue weighted by Crippen LogP contribution is 2.52. The SMILES string of the molecule is N#CC1(C#N)COC2=C(CCCC2)C1(C#N)C(N)=O. The molecule has 1 aliphatic carbocycles. The number of carbonyl (C=O) groups is 1. The second-order valence-electron chi connectivity index (χ2n) is 4.75. The Balaban J connectivity index is 2.76. The second kappa shape index (κ2) is 4.30. The predicted molar refractivity (Wildman–Crippen MR) is 62.3 cm³/mol. The van der Waals surface area contributed by atoms with Crippen LogP contribution < -0.4 is 5.73 Å². The number of nitrogens with two attached hydrogens (primary N) is 1. The lowest BCUT2D eigenvalue weighted by Crippen LogP contribution is -2.55. The predicted octanol–water partition coefficient (Wildman–Crippen LogP) is 0.874. The van der Waals surface area contributed by atoms with Crippen LogP contribution >= 0.6 is 0 Å². The van der Waals surface area contributed by atoms with Crippen molar-refractivity contribution in [3.8, 4) is 18.2 Å². The van der Waals surface area contributed by atoms with Crippen molar-refractivity contribution < 1.29 is 9.53 Å². The van der Waals surface area contributed by atoms with Gasteiger partial charge in [-0.05, 0) is 24.8 Å². The van der Waals surface area contributed by atoms with Crippen molar-refractivity contribution in [3.63, 3.8) is 0 Å². The van der Waals surface area contributed by atoms with Crippen LogP contribution in [-0.2, 0) is 9.53 Å². The Morgan fingerprint density at radius 2 is 1.79 bits per heavy atom. The maximum absolute atomic E-state index is 11.9.